The van der Waals surface area contributed by atoms with Crippen molar-refractivity contribution in [3.63, 3.8) is 0 Å². The van der Waals surface area contributed by atoms with Gasteiger partial charge >= 0.3 is 0 Å². The van der Waals surface area contributed by atoms with Crippen LogP contribution in [0.5, 0.6) is 5.75 Å². The average Bonchev–Trinajstić information content (AvgIpc) is 3.17. The van der Waals surface area contributed by atoms with Crippen LogP contribution in [0.4, 0.5) is 5.69 Å². The van der Waals surface area contributed by atoms with Crippen LogP contribution < -0.4 is 10.1 Å². The van der Waals surface area contributed by atoms with E-state index in [9.17, 15) is 4.79 Å². The molecule has 6 nitrogen and oxygen atoms in total. The second-order valence-electron chi connectivity index (χ2n) is 9.13. The molecule has 1 aromatic heterocycles. The summed E-state index contributed by atoms with van der Waals surface area (Å²) < 4.78 is 8.23. The van der Waals surface area contributed by atoms with E-state index in [-0.39, 0.29) is 17.8 Å². The van der Waals surface area contributed by atoms with E-state index in [4.69, 9.17) is 16.3 Å². The molecule has 0 bridgehead atoms. The van der Waals surface area contributed by atoms with Crippen molar-refractivity contribution < 1.29 is 9.53 Å². The van der Waals surface area contributed by atoms with Gasteiger partial charge in [0.2, 0.25) is 5.91 Å². The van der Waals surface area contributed by atoms with E-state index in [1.54, 1.807) is 12.1 Å². The van der Waals surface area contributed by atoms with Crippen LogP contribution in [-0.2, 0) is 11.3 Å². The normalized spacial score (nSPS) is 12.3. The molecule has 0 saturated carbocycles. The van der Waals surface area contributed by atoms with Gasteiger partial charge in [0.15, 0.2) is 17.1 Å². The third-order valence-corrected chi connectivity index (χ3v) is 6.52. The molecule has 3 rings (SSSR count). The number of thioether (sulfide) groups is 1. The van der Waals surface area contributed by atoms with Crippen LogP contribution in [0.2, 0.25) is 5.02 Å². The minimum atomic E-state index is -0.284. The van der Waals surface area contributed by atoms with Crippen LogP contribution in [0.15, 0.2) is 47.6 Å². The predicted molar refractivity (Wildman–Crippen MR) is 140 cm³/mol. The highest BCUT2D eigenvalue weighted by molar-refractivity contribution is 7.99. The molecule has 182 valence electrons. The van der Waals surface area contributed by atoms with Gasteiger partial charge in [-0.15, -0.1) is 10.2 Å². The van der Waals surface area contributed by atoms with Gasteiger partial charge in [-0.1, -0.05) is 69.3 Å². The summed E-state index contributed by atoms with van der Waals surface area (Å²) in [6, 6.07) is 13.6. The lowest BCUT2D eigenvalue weighted by Gasteiger charge is -2.18. The molecule has 0 saturated heterocycles. The number of benzene rings is 2. The van der Waals surface area contributed by atoms with Crippen molar-refractivity contribution in [2.24, 2.45) is 5.92 Å². The van der Waals surface area contributed by atoms with E-state index >= 15 is 0 Å². The Bertz CT molecular complexity index is 1110. The summed E-state index contributed by atoms with van der Waals surface area (Å²) in [5.41, 5.74) is 2.95. The van der Waals surface area contributed by atoms with Gasteiger partial charge in [-0.2, -0.15) is 0 Å². The van der Waals surface area contributed by atoms with E-state index in [1.807, 2.05) is 32.0 Å². The minimum absolute atomic E-state index is 0.120. The zero-order valence-electron chi connectivity index (χ0n) is 20.6. The van der Waals surface area contributed by atoms with Crippen molar-refractivity contribution in [1.29, 1.82) is 0 Å². The largest absolute Gasteiger partial charge is 0.483 e. The molecular weight excluding hydrogens is 468 g/mol. The topological polar surface area (TPSA) is 69.0 Å². The van der Waals surface area contributed by atoms with Crippen LogP contribution >= 0.6 is 23.4 Å². The molecule has 0 aliphatic carbocycles. The van der Waals surface area contributed by atoms with E-state index in [0.29, 0.717) is 27.7 Å². The van der Waals surface area contributed by atoms with E-state index in [0.717, 1.165) is 23.7 Å². The number of aryl methyl sites for hydroxylation is 1. The lowest BCUT2D eigenvalue weighted by molar-refractivity contribution is -0.113. The molecule has 0 fully saturated rings. The number of rotatable bonds is 10. The summed E-state index contributed by atoms with van der Waals surface area (Å²) in [7, 11) is 0. The minimum Gasteiger partial charge on any atom is -0.483 e. The average molecular weight is 501 g/mol. The van der Waals surface area contributed by atoms with E-state index in [1.165, 1.54) is 17.3 Å². The van der Waals surface area contributed by atoms with Crippen LogP contribution in [0.3, 0.4) is 0 Å². The highest BCUT2D eigenvalue weighted by Gasteiger charge is 2.21. The number of nitrogens with one attached hydrogen (secondary N) is 1. The van der Waals surface area contributed by atoms with Gasteiger partial charge in [-0.25, -0.2) is 0 Å². The predicted octanol–water partition coefficient (Wildman–Crippen LogP) is 6.89. The molecule has 0 spiro atoms. The van der Waals surface area contributed by atoms with Gasteiger partial charge in [0.1, 0.15) is 5.75 Å². The van der Waals surface area contributed by atoms with Crippen molar-refractivity contribution in [2.45, 2.75) is 65.3 Å². The van der Waals surface area contributed by atoms with E-state index < -0.39 is 0 Å². The van der Waals surface area contributed by atoms with Gasteiger partial charge in [-0.05, 0) is 61.1 Å². The van der Waals surface area contributed by atoms with Crippen LogP contribution in [0, 0.1) is 12.8 Å². The number of hydrogen-bond acceptors (Lipinski definition) is 5. The number of halogens is 1. The number of ether oxygens (including phenoxy) is 1. The first-order valence-electron chi connectivity index (χ1n) is 11.5. The van der Waals surface area contributed by atoms with Crippen LogP contribution in [0.25, 0.3) is 0 Å². The Hall–Kier alpha value is -2.51. The monoisotopic (exact) mass is 500 g/mol. The van der Waals surface area contributed by atoms with E-state index in [2.05, 4.69) is 59.9 Å². The molecule has 1 heterocycles. The van der Waals surface area contributed by atoms with Gasteiger partial charge < -0.3 is 14.6 Å². The second kappa shape index (κ2) is 11.8. The summed E-state index contributed by atoms with van der Waals surface area (Å²) in [6.07, 6.45) is -0.284. The molecule has 2 aromatic carbocycles. The first-order chi connectivity index (χ1) is 16.1. The van der Waals surface area contributed by atoms with Gasteiger partial charge in [0, 0.05) is 17.3 Å². The number of hydrogen-bond donors (Lipinski definition) is 1. The van der Waals surface area contributed by atoms with Crippen molar-refractivity contribution >= 4 is 35.0 Å². The molecule has 1 unspecified atom stereocenters. The summed E-state index contributed by atoms with van der Waals surface area (Å²) in [5.74, 6) is 2.49. The Kier molecular flexibility index (Phi) is 9.03. The molecule has 34 heavy (non-hydrogen) atoms. The van der Waals surface area contributed by atoms with Gasteiger partial charge in [0.25, 0.3) is 0 Å². The molecule has 3 aromatic rings. The summed E-state index contributed by atoms with van der Waals surface area (Å²) in [6.45, 7) is 13.3. The quantitative estimate of drug-likeness (QED) is 0.307. The fraction of sp³-hybridized carbons (Fsp3) is 0.423. The highest BCUT2D eigenvalue weighted by Crippen LogP contribution is 2.27. The first kappa shape index (κ1) is 26.1. The number of anilines is 1. The zero-order chi connectivity index (χ0) is 24.8. The number of carbonyl (C=O) groups is 1. The Balaban J connectivity index is 1.70. The molecule has 1 amide bonds. The summed E-state index contributed by atoms with van der Waals surface area (Å²) >= 11 is 7.43. The molecule has 0 aliphatic heterocycles. The van der Waals surface area contributed by atoms with Crippen molar-refractivity contribution in [1.82, 2.24) is 14.8 Å². The van der Waals surface area contributed by atoms with Crippen LogP contribution in [0.1, 0.15) is 63.6 Å². The summed E-state index contributed by atoms with van der Waals surface area (Å²) in [5, 5.41) is 13.0. The van der Waals surface area contributed by atoms with Crippen molar-refractivity contribution in [2.75, 3.05) is 11.1 Å². The standard InChI is InChI=1S/C26H33ClN4O2S/c1-16(2)14-31-25(19(6)33-22-11-8-20(9-12-22)17(3)4)29-30-26(31)34-15-24(32)28-23-13-21(27)10-7-18(23)5/h7-13,16-17,19H,14-15H2,1-6H3,(H,28,32). The van der Waals surface area contributed by atoms with Gasteiger partial charge in [-0.3, -0.25) is 4.79 Å². The van der Waals surface area contributed by atoms with Crippen LogP contribution in [-0.4, -0.2) is 26.4 Å². The first-order valence-corrected chi connectivity index (χ1v) is 12.9. The zero-order valence-corrected chi connectivity index (χ0v) is 22.2. The molecule has 0 radical (unpaired) electrons. The maximum atomic E-state index is 12.6. The Morgan fingerprint density at radius 1 is 1.09 bits per heavy atom. The van der Waals surface area contributed by atoms with Crippen molar-refractivity contribution in [3.8, 4) is 5.75 Å². The molecular formula is C26H33ClN4O2S. The molecule has 8 heteroatoms. The fourth-order valence-corrected chi connectivity index (χ4v) is 4.40. The second-order valence-corrected chi connectivity index (χ2v) is 10.5. The van der Waals surface area contributed by atoms with Crippen molar-refractivity contribution in [3.05, 3.63) is 64.4 Å². The number of amides is 1. The summed E-state index contributed by atoms with van der Waals surface area (Å²) in [4.78, 5) is 12.6. The third kappa shape index (κ3) is 7.00. The molecule has 1 atom stereocenters. The third-order valence-electron chi connectivity index (χ3n) is 5.32. The number of nitrogens with zero attached hydrogens (tertiary/aromatic N) is 3. The Morgan fingerprint density at radius 2 is 1.79 bits per heavy atom. The lowest BCUT2D eigenvalue weighted by Crippen LogP contribution is -2.17. The van der Waals surface area contributed by atoms with Gasteiger partial charge in [0.05, 0.1) is 5.75 Å². The maximum absolute atomic E-state index is 12.6. The smallest absolute Gasteiger partial charge is 0.234 e. The number of aromatic nitrogens is 3. The maximum Gasteiger partial charge on any atom is 0.234 e. The lowest BCUT2D eigenvalue weighted by atomic mass is 10.0. The fourth-order valence-electron chi connectivity index (χ4n) is 3.48. The Morgan fingerprint density at radius 3 is 2.44 bits per heavy atom. The number of carbonyl (C=O) groups excluding carboxylic acids is 1. The molecule has 0 aliphatic rings. The SMILES string of the molecule is Cc1ccc(Cl)cc1NC(=O)CSc1nnc(C(C)Oc2ccc(C(C)C)cc2)n1CC(C)C. The highest BCUT2D eigenvalue weighted by atomic mass is 35.5. The molecule has 1 N–H and O–H groups in total. The Labute approximate surface area is 211 Å².